The minimum atomic E-state index is -1.82. The number of hydrogen-bond donors (Lipinski definition) is 3. The van der Waals surface area contributed by atoms with Gasteiger partial charge in [-0.25, -0.2) is 9.59 Å². The van der Waals surface area contributed by atoms with Crippen LogP contribution in [0.3, 0.4) is 0 Å². The topological polar surface area (TPSA) is 152 Å². The molecule has 0 saturated carbocycles. The molecule has 0 bridgehead atoms. The van der Waals surface area contributed by atoms with Gasteiger partial charge in [0.2, 0.25) is 0 Å². The van der Waals surface area contributed by atoms with Gasteiger partial charge in [0.1, 0.15) is 0 Å². The normalized spacial score (nSPS) is 7.14. The van der Waals surface area contributed by atoms with Crippen molar-refractivity contribution in [2.45, 2.75) is 6.42 Å². The van der Waals surface area contributed by atoms with Gasteiger partial charge in [0.05, 0.1) is 12.4 Å². The third-order valence-electron chi connectivity index (χ3n) is 0.479. The summed E-state index contributed by atoms with van der Waals surface area (Å²) in [4.78, 5) is 36.9. The quantitative estimate of drug-likeness (QED) is 0.234. The molecule has 0 saturated heterocycles. The van der Waals surface area contributed by atoms with Crippen molar-refractivity contribution in [3.8, 4) is 0 Å². The van der Waals surface area contributed by atoms with Crippen LogP contribution in [0.5, 0.6) is 0 Å². The summed E-state index contributed by atoms with van der Waals surface area (Å²) >= 11 is 0. The Bertz CT molecular complexity index is 210. The number of carboxylic acid groups (broad SMARTS) is 4. The van der Waals surface area contributed by atoms with E-state index < -0.39 is 30.3 Å². The number of hydrogen-bond acceptors (Lipinski definition) is 5. The van der Waals surface area contributed by atoms with E-state index in [1.54, 1.807) is 0 Å². The van der Waals surface area contributed by atoms with E-state index in [0.29, 0.717) is 0 Å². The average Bonchev–Trinajstić information content (AvgIpc) is 1.84. The van der Waals surface area contributed by atoms with E-state index in [0.717, 1.165) is 0 Å². The average molecular weight is 216 g/mol. The largest absolute Gasteiger partial charge is 1.00 e. The van der Waals surface area contributed by atoms with E-state index in [-0.39, 0.29) is 29.6 Å². The first-order chi connectivity index (χ1) is 5.77. The van der Waals surface area contributed by atoms with Crippen LogP contribution in [0, 0.1) is 0 Å². The van der Waals surface area contributed by atoms with Crippen molar-refractivity contribution >= 4 is 23.9 Å². The Kier molecular flexibility index (Phi) is 13.3. The molecular weight excluding hydrogens is 211 g/mol. The van der Waals surface area contributed by atoms with E-state index in [1.807, 2.05) is 0 Å². The van der Waals surface area contributed by atoms with Crippen LogP contribution < -0.4 is 34.7 Å². The van der Waals surface area contributed by atoms with Crippen molar-refractivity contribution in [1.29, 1.82) is 0 Å². The van der Waals surface area contributed by atoms with Crippen LogP contribution in [0.4, 0.5) is 0 Å². The predicted octanol–water partition coefficient (Wildman–Crippen LogP) is -5.63. The molecule has 0 fully saturated rings. The summed E-state index contributed by atoms with van der Waals surface area (Å²) in [6, 6.07) is 0. The van der Waals surface area contributed by atoms with Crippen molar-refractivity contribution < 1.29 is 69.2 Å². The summed E-state index contributed by atoms with van der Waals surface area (Å²) in [5, 5.41) is 31.8. The first-order valence-corrected chi connectivity index (χ1v) is 2.65. The van der Waals surface area contributed by atoms with Gasteiger partial charge in [-0.05, 0) is 0 Å². The van der Waals surface area contributed by atoms with Gasteiger partial charge in [-0.15, -0.1) is 0 Å². The molecule has 0 aliphatic carbocycles. The molecule has 3 N–H and O–H groups in total. The summed E-state index contributed by atoms with van der Waals surface area (Å²) in [5.74, 6) is -6.59. The smallest absolute Gasteiger partial charge is 0.550 e. The summed E-state index contributed by atoms with van der Waals surface area (Å²) in [7, 11) is 0. The molecular formula is C5H5NaO8. The number of carboxylic acids is 4. The van der Waals surface area contributed by atoms with Gasteiger partial charge < -0.3 is 25.2 Å². The summed E-state index contributed by atoms with van der Waals surface area (Å²) < 4.78 is 0. The van der Waals surface area contributed by atoms with E-state index in [1.165, 1.54) is 0 Å². The molecule has 0 aromatic heterocycles. The monoisotopic (exact) mass is 216 g/mol. The minimum absolute atomic E-state index is 0. The fraction of sp³-hybridized carbons (Fsp3) is 0.200. The molecule has 0 atom stereocenters. The molecule has 14 heavy (non-hydrogen) atoms. The first kappa shape index (κ1) is 18.6. The van der Waals surface area contributed by atoms with Gasteiger partial charge in [-0.3, -0.25) is 4.79 Å². The Labute approximate surface area is 99.4 Å². The minimum Gasteiger partial charge on any atom is -0.550 e. The van der Waals surface area contributed by atoms with Gasteiger partial charge >= 0.3 is 47.5 Å². The Morgan fingerprint density at radius 2 is 1.21 bits per heavy atom. The van der Waals surface area contributed by atoms with Crippen molar-refractivity contribution in [1.82, 2.24) is 0 Å². The van der Waals surface area contributed by atoms with Crippen LogP contribution >= 0.6 is 0 Å². The van der Waals surface area contributed by atoms with Crippen molar-refractivity contribution in [3.05, 3.63) is 0 Å². The predicted molar refractivity (Wildman–Crippen MR) is 32.5 cm³/mol. The van der Waals surface area contributed by atoms with Gasteiger partial charge in [-0.2, -0.15) is 0 Å². The number of carbonyl (C=O) groups excluding carboxylic acids is 1. The van der Waals surface area contributed by atoms with Crippen LogP contribution in [0.1, 0.15) is 6.42 Å². The molecule has 8 nitrogen and oxygen atoms in total. The van der Waals surface area contributed by atoms with E-state index in [4.69, 9.17) is 24.9 Å². The zero-order valence-corrected chi connectivity index (χ0v) is 9.09. The maximum Gasteiger partial charge on any atom is 1.00 e. The molecule has 74 valence electrons. The first-order valence-electron chi connectivity index (χ1n) is 2.65. The van der Waals surface area contributed by atoms with Crippen molar-refractivity contribution in [2.24, 2.45) is 0 Å². The SMILES string of the molecule is O=C(O)C(=O)O.O=C([O-])CC(=O)O.[Na+]. The fourth-order valence-corrected chi connectivity index (χ4v) is 0.123. The van der Waals surface area contributed by atoms with Gasteiger partial charge in [0, 0.05) is 0 Å². The molecule has 0 aliphatic heterocycles. The molecule has 0 unspecified atom stereocenters. The Morgan fingerprint density at radius 3 is 1.21 bits per heavy atom. The summed E-state index contributed by atoms with van der Waals surface area (Å²) in [5.41, 5.74) is 0. The molecule has 0 spiro atoms. The summed E-state index contributed by atoms with van der Waals surface area (Å²) in [6.45, 7) is 0. The standard InChI is InChI=1S/C3H4O4.C2H2O4.Na/c4-2(5)1-3(6)7;3-1(4)2(5)6;/h1H2,(H,4,5)(H,6,7);(H,3,4)(H,5,6);/q;;+1/p-1. The Hall–Kier alpha value is -1.12. The van der Waals surface area contributed by atoms with Crippen LogP contribution in [0.15, 0.2) is 0 Å². The molecule has 0 aromatic rings. The third kappa shape index (κ3) is 22.4. The molecule has 0 amide bonds. The maximum absolute atomic E-state index is 9.39. The zero-order chi connectivity index (χ0) is 11.0. The van der Waals surface area contributed by atoms with Gasteiger partial charge in [-0.1, -0.05) is 0 Å². The molecule has 0 aromatic carbocycles. The number of rotatable bonds is 2. The fourth-order valence-electron chi connectivity index (χ4n) is 0.123. The van der Waals surface area contributed by atoms with E-state index >= 15 is 0 Å². The molecule has 0 heterocycles. The zero-order valence-electron chi connectivity index (χ0n) is 7.09. The molecule has 0 radical (unpaired) electrons. The molecule has 0 rings (SSSR count). The summed E-state index contributed by atoms with van der Waals surface area (Å²) in [6.07, 6.45) is -0.917. The van der Waals surface area contributed by atoms with Crippen LogP contribution in [0.25, 0.3) is 0 Å². The van der Waals surface area contributed by atoms with E-state index in [9.17, 15) is 14.7 Å². The van der Waals surface area contributed by atoms with Crippen LogP contribution in [-0.4, -0.2) is 39.2 Å². The Balaban J connectivity index is -0.000000163. The second kappa shape index (κ2) is 9.96. The van der Waals surface area contributed by atoms with Crippen LogP contribution in [-0.2, 0) is 19.2 Å². The van der Waals surface area contributed by atoms with Crippen LogP contribution in [0.2, 0.25) is 0 Å². The van der Waals surface area contributed by atoms with Gasteiger partial charge in [0.15, 0.2) is 0 Å². The number of aliphatic carboxylic acids is 4. The molecule has 9 heteroatoms. The maximum atomic E-state index is 9.39. The third-order valence-corrected chi connectivity index (χ3v) is 0.479. The van der Waals surface area contributed by atoms with Gasteiger partial charge in [0.25, 0.3) is 0 Å². The van der Waals surface area contributed by atoms with Crippen molar-refractivity contribution in [3.63, 3.8) is 0 Å². The second-order valence-electron chi connectivity index (χ2n) is 1.55. The van der Waals surface area contributed by atoms with Crippen molar-refractivity contribution in [2.75, 3.05) is 0 Å². The Morgan fingerprint density at radius 1 is 0.929 bits per heavy atom. The second-order valence-corrected chi connectivity index (χ2v) is 1.55. The molecule has 0 aliphatic rings. The van der Waals surface area contributed by atoms with E-state index in [2.05, 4.69) is 0 Å². The number of carbonyl (C=O) groups is 4.